The fourth-order valence-corrected chi connectivity index (χ4v) is 2.02. The minimum atomic E-state index is 0.0106. The molecule has 0 unspecified atom stereocenters. The van der Waals surface area contributed by atoms with Gasteiger partial charge in [-0.15, -0.1) is 0 Å². The highest BCUT2D eigenvalue weighted by molar-refractivity contribution is 6.30. The topological polar surface area (TPSA) is 38.3 Å². The highest BCUT2D eigenvalue weighted by Gasteiger charge is 2.10. The van der Waals surface area contributed by atoms with Crippen LogP contribution in [0.3, 0.4) is 0 Å². The van der Waals surface area contributed by atoms with Crippen molar-refractivity contribution in [3.63, 3.8) is 0 Å². The lowest BCUT2D eigenvalue weighted by Crippen LogP contribution is -2.23. The van der Waals surface area contributed by atoms with E-state index in [2.05, 4.69) is 5.32 Å². The summed E-state index contributed by atoms with van der Waals surface area (Å²) in [7, 11) is 1.56. The summed E-state index contributed by atoms with van der Waals surface area (Å²) >= 11 is 5.82. The molecule has 2 aromatic carbocycles. The third kappa shape index (κ3) is 3.83. The fraction of sp³-hybridized carbons (Fsp3) is 0.188. The molecule has 0 aliphatic rings. The second-order valence-corrected chi connectivity index (χ2v) is 4.79. The van der Waals surface area contributed by atoms with Gasteiger partial charge in [-0.3, -0.25) is 4.79 Å². The van der Waals surface area contributed by atoms with E-state index in [1.807, 2.05) is 36.4 Å². The molecule has 3 nitrogen and oxygen atoms in total. The van der Waals surface area contributed by atoms with Crippen LogP contribution in [0.4, 0.5) is 0 Å². The first-order valence-electron chi connectivity index (χ1n) is 6.32. The Hall–Kier alpha value is -1.84. The molecule has 0 amide bonds. The number of para-hydroxylation sites is 1. The van der Waals surface area contributed by atoms with E-state index in [9.17, 15) is 4.79 Å². The van der Waals surface area contributed by atoms with Crippen LogP contribution in [0.1, 0.15) is 15.9 Å². The first kappa shape index (κ1) is 14.6. The Morgan fingerprint density at radius 2 is 1.85 bits per heavy atom. The molecule has 0 heterocycles. The number of methoxy groups -OCH3 is 1. The minimum absolute atomic E-state index is 0.0106. The molecular formula is C16H16ClNO2. The number of nitrogens with one attached hydrogen (secondary N) is 1. The van der Waals surface area contributed by atoms with Crippen molar-refractivity contribution in [3.8, 4) is 5.75 Å². The van der Waals surface area contributed by atoms with Gasteiger partial charge in [0.05, 0.1) is 19.2 Å². The maximum absolute atomic E-state index is 12.1. The largest absolute Gasteiger partial charge is 0.496 e. The summed E-state index contributed by atoms with van der Waals surface area (Å²) in [6, 6.07) is 14.8. The summed E-state index contributed by atoms with van der Waals surface area (Å²) in [5.74, 6) is 0.613. The van der Waals surface area contributed by atoms with Gasteiger partial charge in [0.15, 0.2) is 5.78 Å². The summed E-state index contributed by atoms with van der Waals surface area (Å²) in [4.78, 5) is 12.1. The van der Waals surface area contributed by atoms with Gasteiger partial charge in [0.1, 0.15) is 5.75 Å². The first-order chi connectivity index (χ1) is 9.70. The molecule has 0 saturated carbocycles. The van der Waals surface area contributed by atoms with Crippen molar-refractivity contribution in [1.82, 2.24) is 5.32 Å². The van der Waals surface area contributed by atoms with Crippen molar-refractivity contribution in [2.75, 3.05) is 13.7 Å². The van der Waals surface area contributed by atoms with E-state index in [0.29, 0.717) is 22.9 Å². The third-order valence-electron chi connectivity index (χ3n) is 2.94. The lowest BCUT2D eigenvalue weighted by molar-refractivity contribution is 0.0988. The number of carbonyl (C=O) groups excluding carboxylic acids is 1. The highest BCUT2D eigenvalue weighted by atomic mass is 35.5. The molecule has 2 rings (SSSR count). The molecule has 0 aliphatic carbocycles. The second-order valence-electron chi connectivity index (χ2n) is 4.35. The van der Waals surface area contributed by atoms with Crippen molar-refractivity contribution >= 4 is 17.4 Å². The molecule has 20 heavy (non-hydrogen) atoms. The standard InChI is InChI=1S/C16H16ClNO2/c1-20-16-5-3-2-4-14(16)15(19)11-18-10-12-6-8-13(17)9-7-12/h2-9,18H,10-11H2,1H3. The Labute approximate surface area is 123 Å². The van der Waals surface area contributed by atoms with E-state index in [1.54, 1.807) is 19.2 Å². The number of rotatable bonds is 6. The van der Waals surface area contributed by atoms with Crippen LogP contribution in [-0.2, 0) is 6.54 Å². The zero-order chi connectivity index (χ0) is 14.4. The smallest absolute Gasteiger partial charge is 0.180 e. The van der Waals surface area contributed by atoms with Crippen LogP contribution in [0.15, 0.2) is 48.5 Å². The molecule has 1 N–H and O–H groups in total. The Kier molecular flexibility index (Phi) is 5.16. The van der Waals surface area contributed by atoms with Crippen LogP contribution in [0.5, 0.6) is 5.75 Å². The second kappa shape index (κ2) is 7.08. The van der Waals surface area contributed by atoms with E-state index in [0.717, 1.165) is 5.56 Å². The van der Waals surface area contributed by atoms with Gasteiger partial charge in [0.2, 0.25) is 0 Å². The quantitative estimate of drug-likeness (QED) is 0.829. The van der Waals surface area contributed by atoms with Gasteiger partial charge in [-0.25, -0.2) is 0 Å². The van der Waals surface area contributed by atoms with Crippen LogP contribution >= 0.6 is 11.6 Å². The normalized spacial score (nSPS) is 10.3. The molecular weight excluding hydrogens is 274 g/mol. The number of ether oxygens (including phenoxy) is 1. The average molecular weight is 290 g/mol. The fourth-order valence-electron chi connectivity index (χ4n) is 1.89. The maximum Gasteiger partial charge on any atom is 0.180 e. The monoisotopic (exact) mass is 289 g/mol. The highest BCUT2D eigenvalue weighted by Crippen LogP contribution is 2.17. The van der Waals surface area contributed by atoms with Crippen molar-refractivity contribution in [2.45, 2.75) is 6.54 Å². The van der Waals surface area contributed by atoms with Gasteiger partial charge < -0.3 is 10.1 Å². The summed E-state index contributed by atoms with van der Waals surface area (Å²) in [5, 5.41) is 3.83. The lowest BCUT2D eigenvalue weighted by atomic mass is 10.1. The Morgan fingerprint density at radius 1 is 1.15 bits per heavy atom. The van der Waals surface area contributed by atoms with Gasteiger partial charge in [-0.1, -0.05) is 35.9 Å². The molecule has 0 fully saturated rings. The minimum Gasteiger partial charge on any atom is -0.496 e. The zero-order valence-electron chi connectivity index (χ0n) is 11.2. The number of ketones is 1. The molecule has 4 heteroatoms. The number of hydrogen-bond donors (Lipinski definition) is 1. The van der Waals surface area contributed by atoms with Gasteiger partial charge in [0, 0.05) is 11.6 Å². The van der Waals surface area contributed by atoms with Crippen LogP contribution < -0.4 is 10.1 Å². The van der Waals surface area contributed by atoms with E-state index >= 15 is 0 Å². The van der Waals surface area contributed by atoms with Gasteiger partial charge in [-0.05, 0) is 29.8 Å². The van der Waals surface area contributed by atoms with Crippen molar-refractivity contribution in [1.29, 1.82) is 0 Å². The average Bonchev–Trinajstić information content (AvgIpc) is 2.49. The van der Waals surface area contributed by atoms with Crippen LogP contribution in [0.25, 0.3) is 0 Å². The Balaban J connectivity index is 1.90. The molecule has 0 radical (unpaired) electrons. The first-order valence-corrected chi connectivity index (χ1v) is 6.70. The maximum atomic E-state index is 12.1. The molecule has 0 saturated heterocycles. The molecule has 0 aromatic heterocycles. The predicted molar refractivity (Wildman–Crippen MR) is 80.5 cm³/mol. The van der Waals surface area contributed by atoms with Crippen LogP contribution in [0.2, 0.25) is 5.02 Å². The molecule has 0 spiro atoms. The number of hydrogen-bond acceptors (Lipinski definition) is 3. The Bertz CT molecular complexity index is 581. The van der Waals surface area contributed by atoms with Crippen LogP contribution in [0, 0.1) is 0 Å². The van der Waals surface area contributed by atoms with Gasteiger partial charge >= 0.3 is 0 Å². The predicted octanol–water partition coefficient (Wildman–Crippen LogP) is 3.32. The summed E-state index contributed by atoms with van der Waals surface area (Å²) < 4.78 is 5.18. The lowest BCUT2D eigenvalue weighted by Gasteiger charge is -2.08. The molecule has 2 aromatic rings. The van der Waals surface area contributed by atoms with Crippen molar-refractivity contribution in [2.24, 2.45) is 0 Å². The van der Waals surface area contributed by atoms with Crippen molar-refractivity contribution < 1.29 is 9.53 Å². The molecule has 104 valence electrons. The number of halogens is 1. The number of Topliss-reactive ketones (excluding diaryl/α,β-unsaturated/α-hetero) is 1. The molecule has 0 atom stereocenters. The summed E-state index contributed by atoms with van der Waals surface area (Å²) in [6.07, 6.45) is 0. The number of carbonyl (C=O) groups is 1. The van der Waals surface area contributed by atoms with Gasteiger partial charge in [-0.2, -0.15) is 0 Å². The van der Waals surface area contributed by atoms with Crippen molar-refractivity contribution in [3.05, 3.63) is 64.7 Å². The zero-order valence-corrected chi connectivity index (χ0v) is 12.0. The van der Waals surface area contributed by atoms with E-state index < -0.39 is 0 Å². The molecule has 0 bridgehead atoms. The third-order valence-corrected chi connectivity index (χ3v) is 3.19. The molecule has 0 aliphatic heterocycles. The van der Waals surface area contributed by atoms with Gasteiger partial charge in [0.25, 0.3) is 0 Å². The number of benzene rings is 2. The van der Waals surface area contributed by atoms with E-state index in [4.69, 9.17) is 16.3 Å². The summed E-state index contributed by atoms with van der Waals surface area (Å²) in [6.45, 7) is 0.890. The van der Waals surface area contributed by atoms with Crippen LogP contribution in [-0.4, -0.2) is 19.4 Å². The van der Waals surface area contributed by atoms with E-state index in [-0.39, 0.29) is 12.3 Å². The van der Waals surface area contributed by atoms with E-state index in [1.165, 1.54) is 0 Å². The Morgan fingerprint density at radius 3 is 2.55 bits per heavy atom. The SMILES string of the molecule is COc1ccccc1C(=O)CNCc1ccc(Cl)cc1. The summed E-state index contributed by atoms with van der Waals surface area (Å²) in [5.41, 5.74) is 1.68.